The number of nitrogens with zero attached hydrogens (tertiary/aromatic N) is 1. The van der Waals surface area contributed by atoms with Gasteiger partial charge in [-0.2, -0.15) is 0 Å². The summed E-state index contributed by atoms with van der Waals surface area (Å²) in [5.41, 5.74) is 1.28. The molecule has 1 amide bonds. The van der Waals surface area contributed by atoms with Crippen molar-refractivity contribution in [2.75, 3.05) is 13.1 Å². The second kappa shape index (κ2) is 5.28. The minimum atomic E-state index is -0.0278. The molecule has 3 aliphatic rings. The maximum atomic E-state index is 12.6. The smallest absolute Gasteiger partial charge is 0.251 e. The van der Waals surface area contributed by atoms with E-state index in [0.717, 1.165) is 18.5 Å². The van der Waals surface area contributed by atoms with E-state index >= 15 is 0 Å². The quantitative estimate of drug-likeness (QED) is 0.924. The summed E-state index contributed by atoms with van der Waals surface area (Å²) in [6.45, 7) is 4.54. The summed E-state index contributed by atoms with van der Waals surface area (Å²) in [6, 6.07) is 6.08. The summed E-state index contributed by atoms with van der Waals surface area (Å²) in [6.07, 6.45) is 3.87. The molecule has 4 heterocycles. The summed E-state index contributed by atoms with van der Waals surface area (Å²) in [4.78, 5) is 15.1. The van der Waals surface area contributed by atoms with Crippen molar-refractivity contribution in [3.05, 3.63) is 35.0 Å². The van der Waals surface area contributed by atoms with Crippen LogP contribution in [0.25, 0.3) is 11.0 Å². The second-order valence-corrected chi connectivity index (χ2v) is 6.82. The first-order chi connectivity index (χ1) is 10.6. The van der Waals surface area contributed by atoms with Gasteiger partial charge in [-0.25, -0.2) is 0 Å². The maximum Gasteiger partial charge on any atom is 0.251 e. The van der Waals surface area contributed by atoms with Crippen LogP contribution in [0, 0.1) is 5.92 Å². The summed E-state index contributed by atoms with van der Waals surface area (Å²) < 4.78 is 5.38. The maximum absolute atomic E-state index is 12.6. The van der Waals surface area contributed by atoms with E-state index < -0.39 is 0 Å². The topological polar surface area (TPSA) is 45.5 Å². The van der Waals surface area contributed by atoms with Gasteiger partial charge in [-0.05, 0) is 57.0 Å². The number of piperidine rings is 3. The number of hydrogen-bond donors (Lipinski definition) is 1. The van der Waals surface area contributed by atoms with Crippen LogP contribution in [-0.4, -0.2) is 36.0 Å². The number of nitrogens with one attached hydrogen (secondary N) is 1. The van der Waals surface area contributed by atoms with E-state index in [1.165, 1.54) is 19.1 Å². The van der Waals surface area contributed by atoms with Gasteiger partial charge in [0.2, 0.25) is 0 Å². The molecule has 116 valence electrons. The number of amides is 1. The Morgan fingerprint density at radius 2 is 2.14 bits per heavy atom. The highest BCUT2D eigenvalue weighted by molar-refractivity contribution is 6.35. The molecule has 0 aliphatic carbocycles. The lowest BCUT2D eigenvalue weighted by atomic mass is 9.79. The van der Waals surface area contributed by atoms with Crippen LogP contribution in [0.15, 0.2) is 28.9 Å². The number of fused-ring (bicyclic) bond motifs is 4. The minimum Gasteiger partial charge on any atom is -0.463 e. The van der Waals surface area contributed by atoms with Crippen molar-refractivity contribution in [3.8, 4) is 0 Å². The second-order valence-electron chi connectivity index (χ2n) is 6.41. The van der Waals surface area contributed by atoms with E-state index in [9.17, 15) is 4.79 Å². The number of rotatable bonds is 2. The van der Waals surface area contributed by atoms with Crippen LogP contribution in [0.3, 0.4) is 0 Å². The Hall–Kier alpha value is -1.52. The first kappa shape index (κ1) is 14.1. The van der Waals surface area contributed by atoms with Crippen LogP contribution in [0.1, 0.15) is 30.1 Å². The van der Waals surface area contributed by atoms with Crippen LogP contribution in [0.2, 0.25) is 5.02 Å². The third-order valence-electron chi connectivity index (χ3n) is 5.27. The first-order valence-electron chi connectivity index (χ1n) is 7.85. The Morgan fingerprint density at radius 1 is 1.36 bits per heavy atom. The molecule has 2 bridgehead atoms. The highest BCUT2D eigenvalue weighted by Gasteiger charge is 2.40. The van der Waals surface area contributed by atoms with E-state index in [1.807, 2.05) is 12.1 Å². The molecule has 0 spiro atoms. The van der Waals surface area contributed by atoms with E-state index in [1.54, 1.807) is 6.07 Å². The number of furan rings is 1. The average molecular weight is 319 g/mol. The van der Waals surface area contributed by atoms with Crippen LogP contribution in [0.4, 0.5) is 0 Å². The zero-order valence-electron chi connectivity index (χ0n) is 12.5. The monoisotopic (exact) mass is 318 g/mol. The average Bonchev–Trinajstić information content (AvgIpc) is 2.92. The normalized spacial score (nSPS) is 30.6. The highest BCUT2D eigenvalue weighted by atomic mass is 35.5. The summed E-state index contributed by atoms with van der Waals surface area (Å²) in [5, 5.41) is 4.65. The van der Waals surface area contributed by atoms with E-state index in [0.29, 0.717) is 28.1 Å². The van der Waals surface area contributed by atoms with Gasteiger partial charge in [-0.1, -0.05) is 11.6 Å². The molecule has 1 aromatic carbocycles. The molecule has 3 aliphatic heterocycles. The van der Waals surface area contributed by atoms with Gasteiger partial charge >= 0.3 is 0 Å². The molecule has 22 heavy (non-hydrogen) atoms. The summed E-state index contributed by atoms with van der Waals surface area (Å²) >= 11 is 6.02. The van der Waals surface area contributed by atoms with Crippen molar-refractivity contribution in [3.63, 3.8) is 0 Å². The van der Waals surface area contributed by atoms with Crippen molar-refractivity contribution in [1.82, 2.24) is 10.2 Å². The predicted molar refractivity (Wildman–Crippen MR) is 86.2 cm³/mol. The Bertz CT molecular complexity index is 717. The lowest BCUT2D eigenvalue weighted by Gasteiger charge is -2.49. The Kier molecular flexibility index (Phi) is 3.39. The van der Waals surface area contributed by atoms with Gasteiger partial charge in [0, 0.05) is 23.0 Å². The molecule has 2 aromatic rings. The van der Waals surface area contributed by atoms with E-state index in [4.69, 9.17) is 16.0 Å². The van der Waals surface area contributed by atoms with E-state index in [-0.39, 0.29) is 11.9 Å². The van der Waals surface area contributed by atoms with Crippen LogP contribution in [-0.2, 0) is 0 Å². The molecule has 0 unspecified atom stereocenters. The zero-order valence-corrected chi connectivity index (χ0v) is 13.3. The molecule has 5 rings (SSSR count). The van der Waals surface area contributed by atoms with Gasteiger partial charge in [0.15, 0.2) is 0 Å². The van der Waals surface area contributed by atoms with Gasteiger partial charge in [0.25, 0.3) is 5.91 Å². The molecule has 0 saturated carbocycles. The van der Waals surface area contributed by atoms with E-state index in [2.05, 4.69) is 17.1 Å². The minimum absolute atomic E-state index is 0.0278. The van der Waals surface area contributed by atoms with Crippen molar-refractivity contribution in [2.24, 2.45) is 5.92 Å². The fourth-order valence-electron chi connectivity index (χ4n) is 3.92. The predicted octanol–water partition coefficient (Wildman–Crippen LogP) is 3.30. The molecule has 1 N–H and O–H groups in total. The molecular weight excluding hydrogens is 300 g/mol. The Morgan fingerprint density at radius 3 is 2.86 bits per heavy atom. The van der Waals surface area contributed by atoms with Crippen molar-refractivity contribution in [1.29, 1.82) is 0 Å². The number of halogens is 1. The Labute approximate surface area is 134 Å². The summed E-state index contributed by atoms with van der Waals surface area (Å²) in [5.74, 6) is 0.575. The standard InChI is InChI=1S/C17H19ClN2O2/c1-10-16(11-4-6-20(10)7-5-11)19-17(21)12-2-3-13-14(18)9-22-15(13)8-12/h2-3,8-11,16H,4-7H2,1H3,(H,19,21)/t10-,16-/m0/s1. The fourth-order valence-corrected chi connectivity index (χ4v) is 4.12. The fraction of sp³-hybridized carbons (Fsp3) is 0.471. The summed E-state index contributed by atoms with van der Waals surface area (Å²) in [7, 11) is 0. The number of benzene rings is 1. The SMILES string of the molecule is C[C@H]1[C@H](NC(=O)c2ccc3c(Cl)coc3c2)C2CCN1CC2. The molecule has 5 heteroatoms. The van der Waals surface area contributed by atoms with Crippen LogP contribution in [0.5, 0.6) is 0 Å². The van der Waals surface area contributed by atoms with Gasteiger partial charge in [-0.15, -0.1) is 0 Å². The van der Waals surface area contributed by atoms with Crippen molar-refractivity contribution >= 4 is 28.5 Å². The Balaban J connectivity index is 1.55. The molecule has 4 nitrogen and oxygen atoms in total. The third-order valence-corrected chi connectivity index (χ3v) is 5.56. The number of hydrogen-bond acceptors (Lipinski definition) is 3. The lowest BCUT2D eigenvalue weighted by molar-refractivity contribution is 0.0217. The molecule has 2 atom stereocenters. The largest absolute Gasteiger partial charge is 0.463 e. The van der Waals surface area contributed by atoms with Crippen LogP contribution < -0.4 is 5.32 Å². The van der Waals surface area contributed by atoms with Gasteiger partial charge < -0.3 is 9.73 Å². The highest BCUT2D eigenvalue weighted by Crippen LogP contribution is 2.32. The molecular formula is C17H19ClN2O2. The molecule has 1 aromatic heterocycles. The number of carbonyl (C=O) groups is 1. The van der Waals surface area contributed by atoms with Crippen LogP contribution >= 0.6 is 11.6 Å². The first-order valence-corrected chi connectivity index (χ1v) is 8.23. The van der Waals surface area contributed by atoms with Gasteiger partial charge in [-0.3, -0.25) is 9.69 Å². The molecule has 0 radical (unpaired) electrons. The van der Waals surface area contributed by atoms with Gasteiger partial charge in [0.05, 0.1) is 5.02 Å². The van der Waals surface area contributed by atoms with Crippen molar-refractivity contribution in [2.45, 2.75) is 31.8 Å². The molecule has 3 saturated heterocycles. The molecule has 3 fully saturated rings. The van der Waals surface area contributed by atoms with Crippen molar-refractivity contribution < 1.29 is 9.21 Å². The zero-order chi connectivity index (χ0) is 15.3. The lowest BCUT2D eigenvalue weighted by Crippen LogP contribution is -2.62. The third kappa shape index (κ3) is 2.22. The van der Waals surface area contributed by atoms with Gasteiger partial charge in [0.1, 0.15) is 11.8 Å². The number of carbonyl (C=O) groups excluding carboxylic acids is 1.